The highest BCUT2D eigenvalue weighted by Gasteiger charge is 2.11. The number of hydrogen-bond donors (Lipinski definition) is 1. The highest BCUT2D eigenvalue weighted by molar-refractivity contribution is 5.06. The molecule has 1 rings (SSSR count). The van der Waals surface area contributed by atoms with Crippen molar-refractivity contribution >= 4 is 0 Å². The summed E-state index contributed by atoms with van der Waals surface area (Å²) in [4.78, 5) is 0. The minimum absolute atomic E-state index is 0.453. The second kappa shape index (κ2) is 7.44. The molecule has 0 saturated heterocycles. The molecule has 0 saturated carbocycles. The van der Waals surface area contributed by atoms with Gasteiger partial charge in [0.15, 0.2) is 0 Å². The fourth-order valence-electron chi connectivity index (χ4n) is 2.12. The molecular weight excluding hydrogens is 198 g/mol. The predicted molar refractivity (Wildman–Crippen MR) is 68.4 cm³/mol. The van der Waals surface area contributed by atoms with Gasteiger partial charge >= 0.3 is 0 Å². The van der Waals surface area contributed by atoms with Crippen molar-refractivity contribution in [2.24, 2.45) is 7.05 Å². The first-order chi connectivity index (χ1) is 7.79. The number of aryl methyl sites for hydroxylation is 1. The number of nitrogens with zero attached hydrogens (tertiary/aromatic N) is 2. The molecule has 1 heterocycles. The van der Waals surface area contributed by atoms with Crippen LogP contribution in [0.25, 0.3) is 0 Å². The molecule has 0 aliphatic rings. The molecule has 1 aromatic rings. The number of aromatic nitrogens is 2. The van der Waals surface area contributed by atoms with Crippen LogP contribution in [0, 0.1) is 0 Å². The fourth-order valence-corrected chi connectivity index (χ4v) is 2.12. The van der Waals surface area contributed by atoms with Gasteiger partial charge in [-0.3, -0.25) is 4.68 Å². The maximum absolute atomic E-state index is 4.22. The molecule has 1 unspecified atom stereocenters. The van der Waals surface area contributed by atoms with E-state index in [4.69, 9.17) is 0 Å². The maximum Gasteiger partial charge on any atom is 0.0550 e. The third kappa shape index (κ3) is 3.97. The Labute approximate surface area is 99.2 Å². The Kier molecular flexibility index (Phi) is 6.16. The van der Waals surface area contributed by atoms with E-state index >= 15 is 0 Å². The van der Waals surface area contributed by atoms with Crippen molar-refractivity contribution in [2.75, 3.05) is 7.05 Å². The molecule has 0 aromatic carbocycles. The Morgan fingerprint density at radius 2 is 2.06 bits per heavy atom. The summed E-state index contributed by atoms with van der Waals surface area (Å²) in [7, 11) is 4.04. The van der Waals surface area contributed by atoms with Gasteiger partial charge in [-0.05, 0) is 19.5 Å². The highest BCUT2D eigenvalue weighted by Crippen LogP contribution is 2.19. The summed E-state index contributed by atoms with van der Waals surface area (Å²) in [5.74, 6) is 0. The van der Waals surface area contributed by atoms with E-state index in [2.05, 4.69) is 23.4 Å². The zero-order valence-corrected chi connectivity index (χ0v) is 10.9. The Morgan fingerprint density at radius 1 is 1.31 bits per heavy atom. The lowest BCUT2D eigenvalue weighted by molar-refractivity contribution is 0.473. The second-order valence-electron chi connectivity index (χ2n) is 4.42. The van der Waals surface area contributed by atoms with Gasteiger partial charge in [-0.1, -0.05) is 39.0 Å². The number of unbranched alkanes of at least 4 members (excludes halogenated alkanes) is 4. The highest BCUT2D eigenvalue weighted by atomic mass is 15.3. The molecule has 0 bridgehead atoms. The standard InChI is InChI=1S/C13H25N3/c1-4-5-6-7-8-9-12(14-2)13-10-11-15-16(13)3/h10-12,14H,4-9H2,1-3H3. The van der Waals surface area contributed by atoms with E-state index in [1.165, 1.54) is 44.2 Å². The molecule has 3 heteroatoms. The lowest BCUT2D eigenvalue weighted by Crippen LogP contribution is -2.19. The first kappa shape index (κ1) is 13.2. The molecule has 0 aliphatic carbocycles. The SMILES string of the molecule is CCCCCCCC(NC)c1ccnn1C. The molecule has 0 aliphatic heterocycles. The van der Waals surface area contributed by atoms with Crippen molar-refractivity contribution in [2.45, 2.75) is 51.5 Å². The molecule has 1 aromatic heterocycles. The summed E-state index contributed by atoms with van der Waals surface area (Å²) in [5.41, 5.74) is 1.29. The van der Waals surface area contributed by atoms with Crippen molar-refractivity contribution in [3.05, 3.63) is 18.0 Å². The normalized spacial score (nSPS) is 12.9. The molecule has 0 amide bonds. The van der Waals surface area contributed by atoms with Crippen LogP contribution in [-0.4, -0.2) is 16.8 Å². The zero-order chi connectivity index (χ0) is 11.8. The fraction of sp³-hybridized carbons (Fsp3) is 0.769. The van der Waals surface area contributed by atoms with Crippen molar-refractivity contribution in [3.63, 3.8) is 0 Å². The Morgan fingerprint density at radius 3 is 2.62 bits per heavy atom. The van der Waals surface area contributed by atoms with E-state index in [1.54, 1.807) is 0 Å². The van der Waals surface area contributed by atoms with Crippen LogP contribution in [-0.2, 0) is 7.05 Å². The van der Waals surface area contributed by atoms with E-state index in [1.807, 2.05) is 25.0 Å². The minimum Gasteiger partial charge on any atom is -0.312 e. The average Bonchev–Trinajstić information content (AvgIpc) is 2.70. The van der Waals surface area contributed by atoms with Crippen LogP contribution in [0.3, 0.4) is 0 Å². The van der Waals surface area contributed by atoms with Gasteiger partial charge in [0.2, 0.25) is 0 Å². The van der Waals surface area contributed by atoms with Crippen LogP contribution in [0.4, 0.5) is 0 Å². The van der Waals surface area contributed by atoms with E-state index in [9.17, 15) is 0 Å². The molecule has 16 heavy (non-hydrogen) atoms. The van der Waals surface area contributed by atoms with Gasteiger partial charge in [-0.15, -0.1) is 0 Å². The van der Waals surface area contributed by atoms with Gasteiger partial charge in [0.1, 0.15) is 0 Å². The van der Waals surface area contributed by atoms with Crippen LogP contribution >= 0.6 is 0 Å². The topological polar surface area (TPSA) is 29.9 Å². The van der Waals surface area contributed by atoms with Crippen LogP contribution in [0.1, 0.15) is 57.2 Å². The van der Waals surface area contributed by atoms with E-state index in [0.717, 1.165) is 0 Å². The molecule has 0 spiro atoms. The quantitative estimate of drug-likeness (QED) is 0.686. The van der Waals surface area contributed by atoms with Crippen molar-refractivity contribution in [3.8, 4) is 0 Å². The summed E-state index contributed by atoms with van der Waals surface area (Å²) in [6.45, 7) is 2.26. The van der Waals surface area contributed by atoms with Crippen LogP contribution in [0.2, 0.25) is 0 Å². The maximum atomic E-state index is 4.22. The molecule has 0 radical (unpaired) electrons. The van der Waals surface area contributed by atoms with Gasteiger partial charge in [0.25, 0.3) is 0 Å². The molecule has 92 valence electrons. The van der Waals surface area contributed by atoms with Crippen LogP contribution in [0.5, 0.6) is 0 Å². The largest absolute Gasteiger partial charge is 0.312 e. The number of hydrogen-bond acceptors (Lipinski definition) is 2. The van der Waals surface area contributed by atoms with E-state index in [-0.39, 0.29) is 0 Å². The lowest BCUT2D eigenvalue weighted by atomic mass is 10.0. The molecular formula is C13H25N3. The Balaban J connectivity index is 2.30. The van der Waals surface area contributed by atoms with E-state index in [0.29, 0.717) is 6.04 Å². The average molecular weight is 223 g/mol. The van der Waals surface area contributed by atoms with Crippen molar-refractivity contribution < 1.29 is 0 Å². The van der Waals surface area contributed by atoms with Crippen LogP contribution < -0.4 is 5.32 Å². The number of rotatable bonds is 8. The first-order valence-corrected chi connectivity index (χ1v) is 6.44. The number of nitrogens with one attached hydrogen (secondary N) is 1. The second-order valence-corrected chi connectivity index (χ2v) is 4.42. The summed E-state index contributed by atoms with van der Waals surface area (Å²) in [6, 6.07) is 2.56. The first-order valence-electron chi connectivity index (χ1n) is 6.44. The third-order valence-electron chi connectivity index (χ3n) is 3.16. The minimum atomic E-state index is 0.453. The molecule has 3 nitrogen and oxygen atoms in total. The summed E-state index contributed by atoms with van der Waals surface area (Å²) >= 11 is 0. The summed E-state index contributed by atoms with van der Waals surface area (Å²) < 4.78 is 1.97. The van der Waals surface area contributed by atoms with Gasteiger partial charge < -0.3 is 5.32 Å². The monoisotopic (exact) mass is 223 g/mol. The van der Waals surface area contributed by atoms with E-state index < -0.39 is 0 Å². The van der Waals surface area contributed by atoms with Gasteiger partial charge in [0.05, 0.1) is 5.69 Å². The molecule has 1 atom stereocenters. The molecule has 1 N–H and O–H groups in total. The van der Waals surface area contributed by atoms with Crippen LogP contribution in [0.15, 0.2) is 12.3 Å². The predicted octanol–water partition coefficient (Wildman–Crippen LogP) is 3.04. The van der Waals surface area contributed by atoms with Gasteiger partial charge in [-0.25, -0.2) is 0 Å². The summed E-state index contributed by atoms with van der Waals surface area (Å²) in [6.07, 6.45) is 9.79. The van der Waals surface area contributed by atoms with Gasteiger partial charge in [0, 0.05) is 19.3 Å². The third-order valence-corrected chi connectivity index (χ3v) is 3.16. The zero-order valence-electron chi connectivity index (χ0n) is 10.9. The van der Waals surface area contributed by atoms with Crippen molar-refractivity contribution in [1.82, 2.24) is 15.1 Å². The Bertz CT molecular complexity index is 280. The van der Waals surface area contributed by atoms with Gasteiger partial charge in [-0.2, -0.15) is 5.10 Å². The Hall–Kier alpha value is -0.830. The summed E-state index contributed by atoms with van der Waals surface area (Å²) in [5, 5.41) is 7.60. The lowest BCUT2D eigenvalue weighted by Gasteiger charge is -2.16. The smallest absolute Gasteiger partial charge is 0.0550 e. The van der Waals surface area contributed by atoms with Crippen molar-refractivity contribution in [1.29, 1.82) is 0 Å². The molecule has 0 fully saturated rings.